The van der Waals surface area contributed by atoms with Crippen molar-refractivity contribution >= 4 is 5.91 Å². The molecule has 21 heavy (non-hydrogen) atoms. The number of morpholine rings is 1. The predicted molar refractivity (Wildman–Crippen MR) is 81.1 cm³/mol. The molecule has 3 rings (SSSR count). The molecule has 1 saturated heterocycles. The summed E-state index contributed by atoms with van der Waals surface area (Å²) in [5.41, 5.74) is 9.87. The first-order chi connectivity index (χ1) is 10.1. The number of rotatable bonds is 2. The van der Waals surface area contributed by atoms with Crippen molar-refractivity contribution in [3.63, 3.8) is 0 Å². The second kappa shape index (κ2) is 5.81. The molecule has 2 heterocycles. The molecule has 1 aromatic rings. The van der Waals surface area contributed by atoms with Crippen LogP contribution in [0.25, 0.3) is 0 Å². The van der Waals surface area contributed by atoms with Crippen LogP contribution in [-0.2, 0) is 16.0 Å². The fourth-order valence-corrected chi connectivity index (χ4v) is 3.66. The van der Waals surface area contributed by atoms with Gasteiger partial charge < -0.3 is 19.9 Å². The summed E-state index contributed by atoms with van der Waals surface area (Å²) in [5.74, 6) is 0.193. The second-order valence-electron chi connectivity index (χ2n) is 6.17. The average molecular weight is 291 g/mol. The zero-order chi connectivity index (χ0) is 15.0. The van der Waals surface area contributed by atoms with Crippen LogP contribution in [-0.4, -0.2) is 41.7 Å². The molecule has 2 aliphatic rings. The molecular formula is C16H25N3O2. The molecular weight excluding hydrogens is 266 g/mol. The van der Waals surface area contributed by atoms with Gasteiger partial charge in [-0.25, -0.2) is 0 Å². The van der Waals surface area contributed by atoms with Crippen molar-refractivity contribution < 1.29 is 9.53 Å². The van der Waals surface area contributed by atoms with Gasteiger partial charge in [0, 0.05) is 30.5 Å². The van der Waals surface area contributed by atoms with Crippen LogP contribution >= 0.6 is 0 Å². The van der Waals surface area contributed by atoms with Crippen LogP contribution in [0.1, 0.15) is 48.8 Å². The number of nitrogens with two attached hydrogens (primary N) is 1. The van der Waals surface area contributed by atoms with Gasteiger partial charge in [-0.15, -0.1) is 0 Å². The van der Waals surface area contributed by atoms with Crippen LogP contribution in [0.2, 0.25) is 0 Å². The molecule has 1 fully saturated rings. The number of carbonyl (C=O) groups is 1. The van der Waals surface area contributed by atoms with Crippen LogP contribution in [0, 0.1) is 6.92 Å². The summed E-state index contributed by atoms with van der Waals surface area (Å²) in [4.78, 5) is 14.7. The van der Waals surface area contributed by atoms with Gasteiger partial charge in [-0.05, 0) is 44.7 Å². The molecule has 5 heteroatoms. The van der Waals surface area contributed by atoms with Crippen molar-refractivity contribution in [2.75, 3.05) is 26.3 Å². The zero-order valence-electron chi connectivity index (χ0n) is 13.0. The first-order valence-corrected chi connectivity index (χ1v) is 7.92. The summed E-state index contributed by atoms with van der Waals surface area (Å²) >= 11 is 0. The average Bonchev–Trinajstić information content (AvgIpc) is 2.84. The molecule has 1 aliphatic carbocycles. The first-order valence-electron chi connectivity index (χ1n) is 7.92. The van der Waals surface area contributed by atoms with Crippen molar-refractivity contribution in [3.05, 3.63) is 23.0 Å². The Hall–Kier alpha value is -1.33. The maximum Gasteiger partial charge on any atom is 0.245 e. The van der Waals surface area contributed by atoms with Gasteiger partial charge in [0.15, 0.2) is 0 Å². The van der Waals surface area contributed by atoms with Crippen LogP contribution in [0.4, 0.5) is 0 Å². The summed E-state index contributed by atoms with van der Waals surface area (Å²) in [6.45, 7) is 6.77. The van der Waals surface area contributed by atoms with Crippen LogP contribution < -0.4 is 5.73 Å². The minimum absolute atomic E-state index is 0.124. The topological polar surface area (TPSA) is 60.5 Å². The molecule has 0 bridgehead atoms. The molecule has 0 spiro atoms. The van der Waals surface area contributed by atoms with Crippen molar-refractivity contribution in [2.24, 2.45) is 5.73 Å². The van der Waals surface area contributed by atoms with Gasteiger partial charge in [-0.1, -0.05) is 0 Å². The van der Waals surface area contributed by atoms with Crippen molar-refractivity contribution in [1.82, 2.24) is 9.47 Å². The highest BCUT2D eigenvalue weighted by atomic mass is 16.5. The molecule has 0 saturated carbocycles. The van der Waals surface area contributed by atoms with Gasteiger partial charge in [-0.3, -0.25) is 4.79 Å². The number of carbonyl (C=O) groups excluding carboxylic acids is 1. The third kappa shape index (κ3) is 2.60. The molecule has 5 nitrogen and oxygen atoms in total. The number of aromatic nitrogens is 1. The highest BCUT2D eigenvalue weighted by molar-refractivity contribution is 5.80. The van der Waals surface area contributed by atoms with Crippen molar-refractivity contribution in [1.29, 1.82) is 0 Å². The van der Waals surface area contributed by atoms with Gasteiger partial charge in [0.25, 0.3) is 0 Å². The Morgan fingerprint density at radius 1 is 1.43 bits per heavy atom. The zero-order valence-corrected chi connectivity index (χ0v) is 13.0. The fraction of sp³-hybridized carbons (Fsp3) is 0.688. The highest BCUT2D eigenvalue weighted by Gasteiger charge is 2.29. The van der Waals surface area contributed by atoms with Crippen LogP contribution in [0.5, 0.6) is 0 Å². The molecule has 1 aliphatic heterocycles. The lowest BCUT2D eigenvalue weighted by atomic mass is 9.93. The van der Waals surface area contributed by atoms with E-state index in [1.807, 2.05) is 11.8 Å². The lowest BCUT2D eigenvalue weighted by Crippen LogP contribution is -2.44. The summed E-state index contributed by atoms with van der Waals surface area (Å²) in [7, 11) is 0. The molecule has 0 aromatic carbocycles. The molecule has 2 N–H and O–H groups in total. The fourth-order valence-electron chi connectivity index (χ4n) is 3.66. The summed E-state index contributed by atoms with van der Waals surface area (Å²) in [5, 5.41) is 0. The van der Waals surface area contributed by atoms with E-state index >= 15 is 0 Å². The maximum atomic E-state index is 12.7. The smallest absolute Gasteiger partial charge is 0.245 e. The Bertz CT molecular complexity index is 532. The molecule has 2 atom stereocenters. The van der Waals surface area contributed by atoms with Crippen LogP contribution in [0.3, 0.4) is 0 Å². The van der Waals surface area contributed by atoms with E-state index in [1.165, 1.54) is 11.3 Å². The second-order valence-corrected chi connectivity index (χ2v) is 6.17. The Kier molecular flexibility index (Phi) is 4.04. The number of ether oxygens (including phenoxy) is 1. The first kappa shape index (κ1) is 14.6. The van der Waals surface area contributed by atoms with E-state index in [0.29, 0.717) is 26.3 Å². The molecule has 1 aromatic heterocycles. The minimum Gasteiger partial charge on any atom is -0.378 e. The Morgan fingerprint density at radius 2 is 2.14 bits per heavy atom. The lowest BCUT2D eigenvalue weighted by Gasteiger charge is -2.31. The Labute approximate surface area is 126 Å². The quantitative estimate of drug-likeness (QED) is 0.899. The maximum absolute atomic E-state index is 12.7. The lowest BCUT2D eigenvalue weighted by molar-refractivity contribution is -0.138. The summed E-state index contributed by atoms with van der Waals surface area (Å²) in [6.07, 6.45) is 3.18. The van der Waals surface area contributed by atoms with E-state index < -0.39 is 0 Å². The van der Waals surface area contributed by atoms with Gasteiger partial charge in [0.2, 0.25) is 5.91 Å². The summed E-state index contributed by atoms with van der Waals surface area (Å²) in [6, 6.07) is 2.14. The van der Waals surface area contributed by atoms with Gasteiger partial charge >= 0.3 is 0 Å². The van der Waals surface area contributed by atoms with E-state index in [2.05, 4.69) is 17.6 Å². The third-order valence-electron chi connectivity index (χ3n) is 4.76. The number of hydrogen-bond donors (Lipinski definition) is 1. The minimum atomic E-state index is -0.155. The summed E-state index contributed by atoms with van der Waals surface area (Å²) < 4.78 is 7.53. The SMILES string of the molecule is Cc1cc2c(n1C(C)C(=O)N1CCOCC1)CCCC2N. The van der Waals surface area contributed by atoms with E-state index in [1.54, 1.807) is 0 Å². The van der Waals surface area contributed by atoms with E-state index in [9.17, 15) is 4.79 Å². The standard InChI is InChI=1S/C16H25N3O2/c1-11-10-13-14(17)4-3-5-15(13)19(11)12(2)16(20)18-6-8-21-9-7-18/h10,12,14H,3-9,17H2,1-2H3. The normalized spacial score (nSPS) is 23.8. The van der Waals surface area contributed by atoms with E-state index in [4.69, 9.17) is 10.5 Å². The predicted octanol–water partition coefficient (Wildman–Crippen LogP) is 1.55. The monoisotopic (exact) mass is 291 g/mol. The molecule has 0 radical (unpaired) electrons. The van der Waals surface area contributed by atoms with Crippen molar-refractivity contribution in [3.8, 4) is 0 Å². The molecule has 2 unspecified atom stereocenters. The Balaban J connectivity index is 1.87. The van der Waals surface area contributed by atoms with E-state index in [0.717, 1.165) is 25.0 Å². The van der Waals surface area contributed by atoms with Crippen LogP contribution in [0.15, 0.2) is 6.07 Å². The number of amides is 1. The van der Waals surface area contributed by atoms with Gasteiger partial charge in [0.05, 0.1) is 13.2 Å². The number of aryl methyl sites for hydroxylation is 1. The van der Waals surface area contributed by atoms with Crippen molar-refractivity contribution in [2.45, 2.75) is 45.2 Å². The van der Waals surface area contributed by atoms with Gasteiger partial charge in [-0.2, -0.15) is 0 Å². The number of fused-ring (bicyclic) bond motifs is 1. The Morgan fingerprint density at radius 3 is 2.86 bits per heavy atom. The number of nitrogens with zero attached hydrogens (tertiary/aromatic N) is 2. The highest BCUT2D eigenvalue weighted by Crippen LogP contribution is 2.33. The van der Waals surface area contributed by atoms with Gasteiger partial charge in [0.1, 0.15) is 6.04 Å². The molecule has 116 valence electrons. The largest absolute Gasteiger partial charge is 0.378 e. The third-order valence-corrected chi connectivity index (χ3v) is 4.76. The molecule has 1 amide bonds. The number of hydrogen-bond acceptors (Lipinski definition) is 3. The van der Waals surface area contributed by atoms with E-state index in [-0.39, 0.29) is 18.0 Å².